The van der Waals surface area contributed by atoms with Crippen molar-refractivity contribution in [3.8, 4) is 0 Å². The molecular formula is C14H17N3O2. The molecule has 0 amide bonds. The molecule has 5 nitrogen and oxygen atoms in total. The summed E-state index contributed by atoms with van der Waals surface area (Å²) in [5, 5.41) is 4.20. The Kier molecular flexibility index (Phi) is 3.85. The second-order valence-electron chi connectivity index (χ2n) is 4.28. The summed E-state index contributed by atoms with van der Waals surface area (Å²) in [6, 6.07) is 7.62. The van der Waals surface area contributed by atoms with E-state index < -0.39 is 0 Å². The molecule has 100 valence electrons. The summed E-state index contributed by atoms with van der Waals surface area (Å²) in [4.78, 5) is 11.6. The van der Waals surface area contributed by atoms with Gasteiger partial charge in [0.2, 0.25) is 0 Å². The van der Waals surface area contributed by atoms with Crippen molar-refractivity contribution in [1.82, 2.24) is 9.78 Å². The minimum Gasteiger partial charge on any atom is -0.462 e. The molecule has 0 saturated heterocycles. The SMILES string of the molecule is CCOC(=O)c1cnn(C(C)c2cccc(N)c2)c1. The zero-order valence-electron chi connectivity index (χ0n) is 11.0. The Morgan fingerprint density at radius 3 is 3.00 bits per heavy atom. The summed E-state index contributed by atoms with van der Waals surface area (Å²) >= 11 is 0. The number of nitrogens with two attached hydrogens (primary N) is 1. The third-order valence-corrected chi connectivity index (χ3v) is 2.90. The summed E-state index contributed by atoms with van der Waals surface area (Å²) in [7, 11) is 0. The minimum atomic E-state index is -0.353. The van der Waals surface area contributed by atoms with Crippen molar-refractivity contribution in [3.05, 3.63) is 47.8 Å². The van der Waals surface area contributed by atoms with Gasteiger partial charge in [0.1, 0.15) is 0 Å². The fraction of sp³-hybridized carbons (Fsp3) is 0.286. The predicted octanol–water partition coefficient (Wildman–Crippen LogP) is 2.25. The molecule has 19 heavy (non-hydrogen) atoms. The first kappa shape index (κ1) is 13.1. The smallest absolute Gasteiger partial charge is 0.341 e. The van der Waals surface area contributed by atoms with Gasteiger partial charge in [-0.25, -0.2) is 4.79 Å². The second-order valence-corrected chi connectivity index (χ2v) is 4.28. The molecule has 0 fully saturated rings. The maximum atomic E-state index is 11.6. The number of nitrogens with zero attached hydrogens (tertiary/aromatic N) is 2. The van der Waals surface area contributed by atoms with Gasteiger partial charge in [-0.05, 0) is 31.5 Å². The molecule has 0 aliphatic carbocycles. The number of anilines is 1. The topological polar surface area (TPSA) is 70.1 Å². The number of carbonyl (C=O) groups is 1. The maximum Gasteiger partial charge on any atom is 0.341 e. The Morgan fingerprint density at radius 1 is 1.53 bits per heavy atom. The van der Waals surface area contributed by atoms with E-state index in [-0.39, 0.29) is 12.0 Å². The summed E-state index contributed by atoms with van der Waals surface area (Å²) in [6.07, 6.45) is 3.20. The molecule has 1 aromatic carbocycles. The maximum absolute atomic E-state index is 11.6. The van der Waals surface area contributed by atoms with Gasteiger partial charge in [-0.2, -0.15) is 5.10 Å². The van der Waals surface area contributed by atoms with E-state index in [9.17, 15) is 4.79 Å². The van der Waals surface area contributed by atoms with Gasteiger partial charge in [0, 0.05) is 11.9 Å². The fourth-order valence-corrected chi connectivity index (χ4v) is 1.84. The molecule has 0 spiro atoms. The van der Waals surface area contributed by atoms with Crippen LogP contribution in [0.5, 0.6) is 0 Å². The lowest BCUT2D eigenvalue weighted by atomic mass is 10.1. The standard InChI is InChI=1S/C14H17N3O2/c1-3-19-14(18)12-8-16-17(9-12)10(2)11-5-4-6-13(15)7-11/h4-10H,3,15H2,1-2H3. The Hall–Kier alpha value is -2.30. The normalized spacial score (nSPS) is 12.1. The van der Waals surface area contributed by atoms with Crippen LogP contribution in [0.2, 0.25) is 0 Å². The van der Waals surface area contributed by atoms with E-state index in [1.807, 2.05) is 31.2 Å². The molecule has 5 heteroatoms. The lowest BCUT2D eigenvalue weighted by Gasteiger charge is -2.12. The summed E-state index contributed by atoms with van der Waals surface area (Å²) < 4.78 is 6.66. The van der Waals surface area contributed by atoms with Crippen LogP contribution in [-0.2, 0) is 4.74 Å². The first-order chi connectivity index (χ1) is 9.11. The van der Waals surface area contributed by atoms with Crippen molar-refractivity contribution in [1.29, 1.82) is 0 Å². The van der Waals surface area contributed by atoms with Gasteiger partial charge < -0.3 is 10.5 Å². The molecule has 1 aromatic heterocycles. The molecule has 2 aromatic rings. The summed E-state index contributed by atoms with van der Waals surface area (Å²) in [6.45, 7) is 4.13. The van der Waals surface area contributed by atoms with E-state index in [4.69, 9.17) is 10.5 Å². The van der Waals surface area contributed by atoms with Crippen LogP contribution in [0.3, 0.4) is 0 Å². The van der Waals surface area contributed by atoms with Gasteiger partial charge in [-0.1, -0.05) is 12.1 Å². The van der Waals surface area contributed by atoms with Gasteiger partial charge in [0.25, 0.3) is 0 Å². The molecule has 0 radical (unpaired) electrons. The third kappa shape index (κ3) is 2.93. The minimum absolute atomic E-state index is 0.00618. The first-order valence-electron chi connectivity index (χ1n) is 6.18. The molecule has 0 bridgehead atoms. The highest BCUT2D eigenvalue weighted by molar-refractivity contribution is 5.88. The van der Waals surface area contributed by atoms with Crippen molar-refractivity contribution >= 4 is 11.7 Å². The Balaban J connectivity index is 2.20. The van der Waals surface area contributed by atoms with E-state index in [0.29, 0.717) is 17.9 Å². The van der Waals surface area contributed by atoms with Crippen molar-refractivity contribution in [2.75, 3.05) is 12.3 Å². The predicted molar refractivity (Wildman–Crippen MR) is 72.9 cm³/mol. The van der Waals surface area contributed by atoms with E-state index in [1.54, 1.807) is 17.8 Å². The largest absolute Gasteiger partial charge is 0.462 e. The molecule has 0 aliphatic rings. The number of benzene rings is 1. The number of ether oxygens (including phenoxy) is 1. The molecule has 1 heterocycles. The van der Waals surface area contributed by atoms with E-state index >= 15 is 0 Å². The molecular weight excluding hydrogens is 242 g/mol. The molecule has 2 rings (SSSR count). The third-order valence-electron chi connectivity index (χ3n) is 2.90. The van der Waals surface area contributed by atoms with Crippen LogP contribution in [0.15, 0.2) is 36.7 Å². The van der Waals surface area contributed by atoms with Crippen LogP contribution in [0.4, 0.5) is 5.69 Å². The molecule has 0 aliphatic heterocycles. The van der Waals surface area contributed by atoms with Crippen LogP contribution in [0.25, 0.3) is 0 Å². The van der Waals surface area contributed by atoms with Crippen molar-refractivity contribution in [3.63, 3.8) is 0 Å². The summed E-state index contributed by atoms with van der Waals surface area (Å²) in [5.74, 6) is -0.353. The monoisotopic (exact) mass is 259 g/mol. The van der Waals surface area contributed by atoms with E-state index in [0.717, 1.165) is 5.56 Å². The fourth-order valence-electron chi connectivity index (χ4n) is 1.84. The zero-order chi connectivity index (χ0) is 13.8. The van der Waals surface area contributed by atoms with Crippen LogP contribution < -0.4 is 5.73 Å². The lowest BCUT2D eigenvalue weighted by Crippen LogP contribution is -2.08. The Morgan fingerprint density at radius 2 is 2.32 bits per heavy atom. The van der Waals surface area contributed by atoms with Gasteiger partial charge in [0.05, 0.1) is 24.4 Å². The molecule has 1 unspecified atom stereocenters. The highest BCUT2D eigenvalue weighted by Crippen LogP contribution is 2.19. The average Bonchev–Trinajstić information content (AvgIpc) is 2.88. The number of hydrogen-bond acceptors (Lipinski definition) is 4. The lowest BCUT2D eigenvalue weighted by molar-refractivity contribution is 0.0526. The van der Waals surface area contributed by atoms with Crippen LogP contribution in [0.1, 0.15) is 35.8 Å². The van der Waals surface area contributed by atoms with Crippen molar-refractivity contribution < 1.29 is 9.53 Å². The zero-order valence-corrected chi connectivity index (χ0v) is 11.0. The van der Waals surface area contributed by atoms with Gasteiger partial charge in [0.15, 0.2) is 0 Å². The van der Waals surface area contributed by atoms with E-state index in [1.165, 1.54) is 6.20 Å². The first-order valence-corrected chi connectivity index (χ1v) is 6.18. The average molecular weight is 259 g/mol. The number of esters is 1. The number of carbonyl (C=O) groups excluding carboxylic acids is 1. The van der Waals surface area contributed by atoms with Crippen LogP contribution in [-0.4, -0.2) is 22.4 Å². The molecule has 0 saturated carbocycles. The highest BCUT2D eigenvalue weighted by atomic mass is 16.5. The molecule has 2 N–H and O–H groups in total. The Labute approximate surface area is 112 Å². The van der Waals surface area contributed by atoms with Crippen molar-refractivity contribution in [2.45, 2.75) is 19.9 Å². The number of hydrogen-bond donors (Lipinski definition) is 1. The molecule has 1 atom stereocenters. The quantitative estimate of drug-likeness (QED) is 0.675. The number of aromatic nitrogens is 2. The Bertz CT molecular complexity index is 578. The van der Waals surface area contributed by atoms with E-state index in [2.05, 4.69) is 5.10 Å². The summed E-state index contributed by atoms with van der Waals surface area (Å²) in [5.41, 5.74) is 7.97. The van der Waals surface area contributed by atoms with Crippen molar-refractivity contribution in [2.24, 2.45) is 0 Å². The van der Waals surface area contributed by atoms with Gasteiger partial charge >= 0.3 is 5.97 Å². The second kappa shape index (κ2) is 5.56. The highest BCUT2D eigenvalue weighted by Gasteiger charge is 2.13. The van der Waals surface area contributed by atoms with Crippen LogP contribution >= 0.6 is 0 Å². The number of nitrogen functional groups attached to an aromatic ring is 1. The number of rotatable bonds is 4. The van der Waals surface area contributed by atoms with Gasteiger partial charge in [-0.15, -0.1) is 0 Å². The van der Waals surface area contributed by atoms with Gasteiger partial charge in [-0.3, -0.25) is 4.68 Å². The van der Waals surface area contributed by atoms with Crippen LogP contribution in [0, 0.1) is 0 Å².